The lowest BCUT2D eigenvalue weighted by Gasteiger charge is -1.96. The molecular weight excluding hydrogens is 129 g/mol. The fourth-order valence-electron chi connectivity index (χ4n) is 0.0781. The number of aliphatic hydroxyl groups excluding tert-OH is 1. The number of carbonyl (C=O) groups is 1. The second-order valence-electron chi connectivity index (χ2n) is 1.13. The highest BCUT2D eigenvalue weighted by Crippen LogP contribution is 1.71. The Morgan fingerprint density at radius 3 is 2.12 bits per heavy atom. The van der Waals surface area contributed by atoms with Gasteiger partial charge in [0.2, 0.25) is 0 Å². The lowest BCUT2D eigenvalue weighted by Crippen LogP contribution is -2.33. The van der Waals surface area contributed by atoms with Crippen LogP contribution in [0.15, 0.2) is 0 Å². The first-order chi connectivity index (χ1) is 3.18. The summed E-state index contributed by atoms with van der Waals surface area (Å²) in [4.78, 5) is 9.65. The van der Waals surface area contributed by atoms with Gasteiger partial charge in [-0.2, -0.15) is 9.90 Å². The van der Waals surface area contributed by atoms with E-state index in [1.165, 1.54) is 0 Å². The van der Waals surface area contributed by atoms with Crippen molar-refractivity contribution in [3.63, 3.8) is 0 Å². The van der Waals surface area contributed by atoms with E-state index in [1.807, 2.05) is 0 Å². The highest BCUT2D eigenvalue weighted by molar-refractivity contribution is 6.92. The Labute approximate surface area is 50.3 Å². The summed E-state index contributed by atoms with van der Waals surface area (Å²) in [5.41, 5.74) is 4.77. The molecule has 0 aliphatic rings. The lowest BCUT2D eigenvalue weighted by atomic mass is 10.3. The molecule has 1 unspecified atom stereocenters. The number of aliphatic hydroxyl groups is 1. The van der Waals surface area contributed by atoms with E-state index in [-0.39, 0.29) is 9.90 Å². The van der Waals surface area contributed by atoms with Crippen LogP contribution in [-0.4, -0.2) is 28.8 Å². The molecule has 0 saturated heterocycles. The number of rotatable bonds is 2. The Hall–Kier alpha value is -0.180. The summed E-state index contributed by atoms with van der Waals surface area (Å²) in [6, 6.07) is -1.13. The average Bonchev–Trinajstić information content (AvgIpc) is 1.65. The molecule has 0 aliphatic heterocycles. The number of hydrogen-bond acceptors (Lipinski definition) is 3. The van der Waals surface area contributed by atoms with Crippen molar-refractivity contribution in [2.24, 2.45) is 5.73 Å². The van der Waals surface area contributed by atoms with Crippen LogP contribution in [-0.2, 0) is 4.79 Å². The maximum Gasteiger partial charge on any atom is 0.322 e. The van der Waals surface area contributed by atoms with E-state index in [0.29, 0.717) is 0 Å². The minimum Gasteiger partial charge on any atom is -0.480 e. The summed E-state index contributed by atoms with van der Waals surface area (Å²) in [7, 11) is 0. The molecule has 0 amide bonds. The second kappa shape index (κ2) is 4.97. The second-order valence-corrected chi connectivity index (χ2v) is 1.13. The first-order valence-electron chi connectivity index (χ1n) is 1.77. The molecule has 0 bridgehead atoms. The van der Waals surface area contributed by atoms with Crippen molar-refractivity contribution in [1.29, 1.82) is 0 Å². The Balaban J connectivity index is 0. The van der Waals surface area contributed by atoms with Crippen molar-refractivity contribution in [2.75, 3.05) is 6.61 Å². The van der Waals surface area contributed by atoms with Gasteiger partial charge in [-0.1, -0.05) is 0 Å². The van der Waals surface area contributed by atoms with Crippen molar-refractivity contribution >= 4 is 15.9 Å². The zero-order chi connectivity index (χ0) is 5.86. The molecule has 4 nitrogen and oxygen atoms in total. The minimum absolute atomic E-state index is 0. The Kier molecular flexibility index (Phi) is 6.67. The van der Waals surface area contributed by atoms with Crippen LogP contribution in [0.4, 0.5) is 0 Å². The van der Waals surface area contributed by atoms with Gasteiger partial charge < -0.3 is 15.9 Å². The van der Waals surface area contributed by atoms with Gasteiger partial charge in [0, 0.05) is 0 Å². The van der Waals surface area contributed by atoms with Crippen LogP contribution < -0.4 is 5.73 Å². The molecule has 0 saturated carbocycles. The van der Waals surface area contributed by atoms with Crippen LogP contribution in [0.2, 0.25) is 0 Å². The predicted octanol–water partition coefficient (Wildman–Crippen LogP) is -1.55. The quantitative estimate of drug-likeness (QED) is 0.404. The molecule has 50 valence electrons. The van der Waals surface area contributed by atoms with Crippen molar-refractivity contribution in [3.8, 4) is 0 Å². The third kappa shape index (κ3) is 3.99. The summed E-state index contributed by atoms with van der Waals surface area (Å²) in [6.45, 7) is -0.505. The van der Waals surface area contributed by atoms with E-state index in [0.717, 1.165) is 0 Å². The van der Waals surface area contributed by atoms with Gasteiger partial charge in [-0.15, -0.1) is 0 Å². The van der Waals surface area contributed by atoms with Gasteiger partial charge in [-0.05, 0) is 0 Å². The minimum atomic E-state index is -1.18. The molecule has 0 fully saturated rings. The van der Waals surface area contributed by atoms with Crippen LogP contribution in [0.3, 0.4) is 0 Å². The van der Waals surface area contributed by atoms with Gasteiger partial charge >= 0.3 is 5.97 Å². The molecule has 0 rings (SSSR count). The number of aliphatic carboxylic acids is 1. The van der Waals surface area contributed by atoms with Gasteiger partial charge in [0.1, 0.15) is 6.04 Å². The fourth-order valence-corrected chi connectivity index (χ4v) is 0.0781. The fraction of sp³-hybridized carbons (Fsp3) is 0.667. The van der Waals surface area contributed by atoms with Gasteiger partial charge in [-0.25, -0.2) is 0 Å². The SMILES string of the molecule is N[C@@H](CO)C(=O)O.P. The molecular formula is C3H10NO3P. The zero-order valence-corrected chi connectivity index (χ0v) is 5.79. The molecule has 4 N–H and O–H groups in total. The third-order valence-corrected chi connectivity index (χ3v) is 0.514. The van der Waals surface area contributed by atoms with Gasteiger partial charge in [-0.3, -0.25) is 4.79 Å². The van der Waals surface area contributed by atoms with E-state index in [1.54, 1.807) is 0 Å². The predicted molar refractivity (Wildman–Crippen MR) is 33.8 cm³/mol. The van der Waals surface area contributed by atoms with E-state index in [4.69, 9.17) is 15.9 Å². The van der Waals surface area contributed by atoms with E-state index in [2.05, 4.69) is 0 Å². The molecule has 0 spiro atoms. The van der Waals surface area contributed by atoms with E-state index < -0.39 is 18.6 Å². The monoisotopic (exact) mass is 139 g/mol. The first kappa shape index (κ1) is 10.7. The molecule has 8 heavy (non-hydrogen) atoms. The molecule has 0 aromatic rings. The number of carboxylic acid groups (broad SMARTS) is 1. The summed E-state index contributed by atoms with van der Waals surface area (Å²) in [6.07, 6.45) is 0. The molecule has 5 heteroatoms. The third-order valence-electron chi connectivity index (χ3n) is 0.514. The average molecular weight is 139 g/mol. The van der Waals surface area contributed by atoms with Crippen molar-refractivity contribution in [3.05, 3.63) is 0 Å². The zero-order valence-electron chi connectivity index (χ0n) is 4.37. The highest BCUT2D eigenvalue weighted by Gasteiger charge is 2.06. The lowest BCUT2D eigenvalue weighted by molar-refractivity contribution is -0.139. The molecule has 2 atom stereocenters. The first-order valence-corrected chi connectivity index (χ1v) is 1.77. The van der Waals surface area contributed by atoms with Crippen LogP contribution in [0, 0.1) is 0 Å². The van der Waals surface area contributed by atoms with Gasteiger partial charge in [0.15, 0.2) is 0 Å². The Bertz CT molecular complexity index is 76.9. The number of carboxylic acids is 1. The normalized spacial score (nSPS) is 11.8. The number of nitrogens with two attached hydrogens (primary N) is 1. The van der Waals surface area contributed by atoms with E-state index in [9.17, 15) is 4.79 Å². The molecule has 0 aromatic heterocycles. The molecule has 0 aromatic carbocycles. The highest BCUT2D eigenvalue weighted by atomic mass is 31.0. The standard InChI is InChI=1S/C3H7NO3.H3P/c4-2(1-5)3(6)7;/h2,5H,1,4H2,(H,6,7);1H3/t2-;/m0./s1. The molecule has 0 radical (unpaired) electrons. The summed E-state index contributed by atoms with van der Waals surface area (Å²) in [5.74, 6) is -1.18. The Morgan fingerprint density at radius 1 is 1.75 bits per heavy atom. The Morgan fingerprint density at radius 2 is 2.12 bits per heavy atom. The van der Waals surface area contributed by atoms with Crippen LogP contribution >= 0.6 is 9.90 Å². The van der Waals surface area contributed by atoms with Gasteiger partial charge in [0.05, 0.1) is 6.61 Å². The van der Waals surface area contributed by atoms with Crippen molar-refractivity contribution in [2.45, 2.75) is 6.04 Å². The van der Waals surface area contributed by atoms with E-state index >= 15 is 0 Å². The number of hydrogen-bond donors (Lipinski definition) is 3. The maximum atomic E-state index is 9.65. The van der Waals surface area contributed by atoms with Crippen LogP contribution in [0.5, 0.6) is 0 Å². The maximum absolute atomic E-state index is 9.65. The summed E-state index contributed by atoms with van der Waals surface area (Å²) in [5, 5.41) is 15.9. The van der Waals surface area contributed by atoms with Crippen molar-refractivity contribution < 1.29 is 15.0 Å². The summed E-state index contributed by atoms with van der Waals surface area (Å²) < 4.78 is 0. The topological polar surface area (TPSA) is 83.5 Å². The van der Waals surface area contributed by atoms with Crippen LogP contribution in [0.25, 0.3) is 0 Å². The molecule has 0 aliphatic carbocycles. The van der Waals surface area contributed by atoms with Crippen LogP contribution in [0.1, 0.15) is 0 Å². The van der Waals surface area contributed by atoms with Crippen molar-refractivity contribution in [1.82, 2.24) is 0 Å². The molecule has 0 heterocycles. The summed E-state index contributed by atoms with van der Waals surface area (Å²) >= 11 is 0. The van der Waals surface area contributed by atoms with Gasteiger partial charge in [0.25, 0.3) is 0 Å². The largest absolute Gasteiger partial charge is 0.480 e. The smallest absolute Gasteiger partial charge is 0.322 e.